The number of nitrogens with one attached hydrogen (secondary N) is 1. The first-order chi connectivity index (χ1) is 12.6. The highest BCUT2D eigenvalue weighted by Gasteiger charge is 2.31. The molecule has 0 spiro atoms. The number of amides is 2. The van der Waals surface area contributed by atoms with Crippen LogP contribution in [0.5, 0.6) is 0 Å². The molecule has 6 nitrogen and oxygen atoms in total. The quantitative estimate of drug-likeness (QED) is 0.877. The van der Waals surface area contributed by atoms with Gasteiger partial charge in [0.15, 0.2) is 0 Å². The molecular formula is C20H30N4O2. The predicted molar refractivity (Wildman–Crippen MR) is 100 cm³/mol. The molecule has 2 saturated heterocycles. The lowest BCUT2D eigenvalue weighted by Gasteiger charge is -2.28. The highest BCUT2D eigenvalue weighted by atomic mass is 16.2. The van der Waals surface area contributed by atoms with Crippen LogP contribution in [0.4, 0.5) is 0 Å². The van der Waals surface area contributed by atoms with E-state index in [2.05, 4.69) is 15.2 Å². The molecule has 0 aliphatic carbocycles. The molecule has 6 heteroatoms. The predicted octanol–water partition coefficient (Wildman–Crippen LogP) is 2.26. The van der Waals surface area contributed by atoms with Crippen LogP contribution in [0.25, 0.3) is 0 Å². The summed E-state index contributed by atoms with van der Waals surface area (Å²) in [7, 11) is 0. The lowest BCUT2D eigenvalue weighted by Crippen LogP contribution is -2.40. The molecule has 0 radical (unpaired) electrons. The topological polar surface area (TPSA) is 65.5 Å². The van der Waals surface area contributed by atoms with Gasteiger partial charge in [-0.2, -0.15) is 0 Å². The van der Waals surface area contributed by atoms with Gasteiger partial charge in [-0.25, -0.2) is 0 Å². The molecule has 2 aliphatic heterocycles. The summed E-state index contributed by atoms with van der Waals surface area (Å²) in [6.45, 7) is 5.39. The third-order valence-corrected chi connectivity index (χ3v) is 5.37. The number of hydrogen-bond acceptors (Lipinski definition) is 4. The molecule has 2 amide bonds. The van der Waals surface area contributed by atoms with Gasteiger partial charge in [0.25, 0.3) is 0 Å². The second kappa shape index (κ2) is 9.12. The maximum absolute atomic E-state index is 12.9. The molecule has 0 aromatic carbocycles. The number of nitrogens with zero attached hydrogens (tertiary/aromatic N) is 3. The SMILES string of the molecule is CC(=O)NCc1cc([C@H]2CCCN2C(=O)CN2CCCCCC2)ccn1. The number of carbonyl (C=O) groups excluding carboxylic acids is 2. The molecule has 1 N–H and O–H groups in total. The van der Waals surface area contributed by atoms with E-state index in [-0.39, 0.29) is 17.9 Å². The van der Waals surface area contributed by atoms with Crippen LogP contribution in [0.15, 0.2) is 18.3 Å². The van der Waals surface area contributed by atoms with Crippen molar-refractivity contribution in [2.45, 2.75) is 58.0 Å². The van der Waals surface area contributed by atoms with E-state index in [1.165, 1.54) is 32.6 Å². The molecule has 2 fully saturated rings. The highest BCUT2D eigenvalue weighted by molar-refractivity contribution is 5.79. The van der Waals surface area contributed by atoms with Crippen molar-refractivity contribution in [3.8, 4) is 0 Å². The van der Waals surface area contributed by atoms with Crippen molar-refractivity contribution in [3.63, 3.8) is 0 Å². The third-order valence-electron chi connectivity index (χ3n) is 5.37. The second-order valence-electron chi connectivity index (χ2n) is 7.43. The average molecular weight is 358 g/mol. The fourth-order valence-corrected chi connectivity index (χ4v) is 4.00. The standard InChI is InChI=1S/C20H30N4O2/c1-16(25)22-14-18-13-17(8-9-21-18)19-7-6-12-24(19)20(26)15-23-10-4-2-3-5-11-23/h8-9,13,19H,2-7,10-12,14-15H2,1H3,(H,22,25)/t19-/m1/s1. The molecule has 1 aromatic heterocycles. The summed E-state index contributed by atoms with van der Waals surface area (Å²) < 4.78 is 0. The minimum absolute atomic E-state index is 0.0627. The van der Waals surface area contributed by atoms with Crippen molar-refractivity contribution in [2.75, 3.05) is 26.2 Å². The van der Waals surface area contributed by atoms with Crippen LogP contribution in [0.3, 0.4) is 0 Å². The lowest BCUT2D eigenvalue weighted by atomic mass is 10.0. The molecule has 0 saturated carbocycles. The summed E-state index contributed by atoms with van der Waals surface area (Å²) in [5.41, 5.74) is 1.96. The molecule has 0 unspecified atom stereocenters. The molecular weight excluding hydrogens is 328 g/mol. The molecule has 1 aromatic rings. The van der Waals surface area contributed by atoms with Crippen molar-refractivity contribution < 1.29 is 9.59 Å². The number of carbonyl (C=O) groups is 2. The third kappa shape index (κ3) is 5.04. The van der Waals surface area contributed by atoms with E-state index in [4.69, 9.17) is 0 Å². The number of pyridine rings is 1. The zero-order valence-corrected chi connectivity index (χ0v) is 15.7. The van der Waals surface area contributed by atoms with Gasteiger partial charge < -0.3 is 10.2 Å². The van der Waals surface area contributed by atoms with Crippen molar-refractivity contribution in [1.82, 2.24) is 20.1 Å². The smallest absolute Gasteiger partial charge is 0.237 e. The Morgan fingerprint density at radius 1 is 1.15 bits per heavy atom. The Balaban J connectivity index is 1.64. The van der Waals surface area contributed by atoms with E-state index >= 15 is 0 Å². The van der Waals surface area contributed by atoms with Crippen LogP contribution in [0, 0.1) is 0 Å². The molecule has 2 aliphatic rings. The van der Waals surface area contributed by atoms with E-state index in [1.54, 1.807) is 6.20 Å². The fraction of sp³-hybridized carbons (Fsp3) is 0.650. The second-order valence-corrected chi connectivity index (χ2v) is 7.43. The number of likely N-dealkylation sites (tertiary alicyclic amines) is 2. The van der Waals surface area contributed by atoms with E-state index in [9.17, 15) is 9.59 Å². The molecule has 0 bridgehead atoms. The number of hydrogen-bond donors (Lipinski definition) is 1. The maximum atomic E-state index is 12.9. The monoisotopic (exact) mass is 358 g/mol. The van der Waals surface area contributed by atoms with Gasteiger partial charge in [-0.3, -0.25) is 19.5 Å². The van der Waals surface area contributed by atoms with E-state index in [0.717, 1.165) is 43.7 Å². The zero-order valence-electron chi connectivity index (χ0n) is 15.7. The molecule has 26 heavy (non-hydrogen) atoms. The van der Waals surface area contributed by atoms with Crippen molar-refractivity contribution in [3.05, 3.63) is 29.6 Å². The van der Waals surface area contributed by atoms with Gasteiger partial charge in [-0.1, -0.05) is 12.8 Å². The van der Waals surface area contributed by atoms with E-state index in [0.29, 0.717) is 13.1 Å². The summed E-state index contributed by atoms with van der Waals surface area (Å²) in [6.07, 6.45) is 8.79. The first-order valence-electron chi connectivity index (χ1n) is 9.84. The Bertz CT molecular complexity index is 626. The Morgan fingerprint density at radius 3 is 2.65 bits per heavy atom. The van der Waals surface area contributed by atoms with Crippen LogP contribution < -0.4 is 5.32 Å². The zero-order chi connectivity index (χ0) is 18.4. The summed E-state index contributed by atoms with van der Waals surface area (Å²) in [6, 6.07) is 4.16. The average Bonchev–Trinajstić information content (AvgIpc) is 2.99. The Morgan fingerprint density at radius 2 is 1.92 bits per heavy atom. The van der Waals surface area contributed by atoms with E-state index < -0.39 is 0 Å². The molecule has 1 atom stereocenters. The van der Waals surface area contributed by atoms with Gasteiger partial charge in [0.1, 0.15) is 0 Å². The normalized spacial score (nSPS) is 21.4. The Kier molecular flexibility index (Phi) is 6.61. The van der Waals surface area contributed by atoms with Gasteiger partial charge in [0.2, 0.25) is 11.8 Å². The van der Waals surface area contributed by atoms with Gasteiger partial charge in [-0.05, 0) is 56.5 Å². The molecule has 3 rings (SSSR count). The van der Waals surface area contributed by atoms with Crippen molar-refractivity contribution in [2.24, 2.45) is 0 Å². The van der Waals surface area contributed by atoms with E-state index in [1.807, 2.05) is 17.0 Å². The largest absolute Gasteiger partial charge is 0.351 e. The van der Waals surface area contributed by atoms with Gasteiger partial charge in [0.05, 0.1) is 24.8 Å². The Labute approximate surface area is 156 Å². The van der Waals surface area contributed by atoms with Gasteiger partial charge >= 0.3 is 0 Å². The van der Waals surface area contributed by atoms with Crippen LogP contribution in [-0.2, 0) is 16.1 Å². The van der Waals surface area contributed by atoms with Crippen molar-refractivity contribution >= 4 is 11.8 Å². The molecule has 3 heterocycles. The van der Waals surface area contributed by atoms with Crippen LogP contribution >= 0.6 is 0 Å². The fourth-order valence-electron chi connectivity index (χ4n) is 4.00. The minimum Gasteiger partial charge on any atom is -0.351 e. The summed E-state index contributed by atoms with van der Waals surface area (Å²) in [4.78, 5) is 32.7. The molecule has 142 valence electrons. The van der Waals surface area contributed by atoms with Gasteiger partial charge in [0, 0.05) is 19.7 Å². The van der Waals surface area contributed by atoms with Crippen molar-refractivity contribution in [1.29, 1.82) is 0 Å². The number of rotatable bonds is 5. The summed E-state index contributed by atoms with van der Waals surface area (Å²) in [5.74, 6) is 0.182. The van der Waals surface area contributed by atoms with Gasteiger partial charge in [-0.15, -0.1) is 0 Å². The Hall–Kier alpha value is -1.95. The lowest BCUT2D eigenvalue weighted by molar-refractivity contribution is -0.133. The van der Waals surface area contributed by atoms with Crippen LogP contribution in [0.1, 0.15) is 62.7 Å². The summed E-state index contributed by atoms with van der Waals surface area (Å²) >= 11 is 0. The number of aromatic nitrogens is 1. The van der Waals surface area contributed by atoms with Crippen LogP contribution in [0.2, 0.25) is 0 Å². The maximum Gasteiger partial charge on any atom is 0.237 e. The minimum atomic E-state index is -0.0627. The summed E-state index contributed by atoms with van der Waals surface area (Å²) in [5, 5.41) is 2.79. The highest BCUT2D eigenvalue weighted by Crippen LogP contribution is 2.32. The first kappa shape index (κ1) is 18.8. The van der Waals surface area contributed by atoms with Crippen LogP contribution in [-0.4, -0.2) is 52.8 Å². The first-order valence-corrected chi connectivity index (χ1v) is 9.84.